The number of sulfonamides is 1. The van der Waals surface area contributed by atoms with Crippen LogP contribution in [0.1, 0.15) is 70.1 Å². The highest BCUT2D eigenvalue weighted by Gasteiger charge is 2.38. The summed E-state index contributed by atoms with van der Waals surface area (Å²) in [6, 6.07) is 8.30. The Morgan fingerprint density at radius 3 is 2.34 bits per heavy atom. The van der Waals surface area contributed by atoms with Crippen LogP contribution in [0.25, 0.3) is 0 Å². The number of esters is 1. The number of benzene rings is 2. The molecule has 2 aromatic carbocycles. The molecule has 3 aliphatic rings. The van der Waals surface area contributed by atoms with Gasteiger partial charge in [0.05, 0.1) is 39.7 Å². The lowest BCUT2D eigenvalue weighted by atomic mass is 10.0. The smallest absolute Gasteiger partial charge is 0.387 e. The number of piperidine rings is 1. The Balaban J connectivity index is 1.22. The van der Waals surface area contributed by atoms with E-state index in [1.165, 1.54) is 53.1 Å². The van der Waals surface area contributed by atoms with Crippen LogP contribution in [0.5, 0.6) is 11.5 Å². The third-order valence-corrected chi connectivity index (χ3v) is 11.2. The third kappa shape index (κ3) is 9.55. The van der Waals surface area contributed by atoms with E-state index in [4.69, 9.17) is 32.7 Å². The van der Waals surface area contributed by atoms with E-state index in [2.05, 4.69) is 14.6 Å². The minimum absolute atomic E-state index is 0.00926. The number of hydrogen-bond donors (Lipinski definition) is 0. The molecule has 1 aromatic heterocycles. The van der Waals surface area contributed by atoms with Gasteiger partial charge >= 0.3 is 12.6 Å². The molecule has 1 unspecified atom stereocenters. The Kier molecular flexibility index (Phi) is 12.1. The van der Waals surface area contributed by atoms with Crippen LogP contribution in [0.2, 0.25) is 10.0 Å². The van der Waals surface area contributed by atoms with Gasteiger partial charge in [0.2, 0.25) is 10.0 Å². The van der Waals surface area contributed by atoms with Crippen LogP contribution in [-0.2, 0) is 26.0 Å². The number of anilines is 1. The first-order chi connectivity index (χ1) is 25.3. The molecule has 0 spiro atoms. The maximum atomic E-state index is 13.6. The van der Waals surface area contributed by atoms with Crippen LogP contribution in [0.15, 0.2) is 48.8 Å². The average molecular weight is 796 g/mol. The number of fused-ring (bicyclic) bond motifs is 1. The van der Waals surface area contributed by atoms with Crippen LogP contribution < -0.4 is 13.8 Å². The van der Waals surface area contributed by atoms with Crippen LogP contribution in [0.4, 0.5) is 14.5 Å². The molecule has 2 fully saturated rings. The number of aromatic nitrogens is 1. The molecule has 53 heavy (non-hydrogen) atoms. The van der Waals surface area contributed by atoms with Gasteiger partial charge in [-0.2, -0.15) is 8.78 Å². The van der Waals surface area contributed by atoms with Gasteiger partial charge in [0.15, 0.2) is 11.5 Å². The maximum absolute atomic E-state index is 13.6. The van der Waals surface area contributed by atoms with E-state index in [0.717, 1.165) is 56.3 Å². The number of imide groups is 1. The lowest BCUT2D eigenvalue weighted by molar-refractivity contribution is -0.149. The fraction of sp³-hybridized carbons (Fsp3) is 0.444. The number of carbonyl (C=O) groups excluding carboxylic acids is 3. The molecule has 17 heteroatoms. The van der Waals surface area contributed by atoms with E-state index in [1.54, 1.807) is 0 Å². The van der Waals surface area contributed by atoms with E-state index in [-0.39, 0.29) is 63.8 Å². The number of carbonyl (C=O) groups is 3. The number of amides is 2. The zero-order valence-corrected chi connectivity index (χ0v) is 31.1. The molecule has 0 N–H and O–H groups in total. The first kappa shape index (κ1) is 38.7. The highest BCUT2D eigenvalue weighted by atomic mass is 35.5. The molecule has 1 saturated carbocycles. The number of hydrogen-bond acceptors (Lipinski definition) is 10. The van der Waals surface area contributed by atoms with Gasteiger partial charge in [0.1, 0.15) is 12.6 Å². The fourth-order valence-electron chi connectivity index (χ4n) is 6.37. The van der Waals surface area contributed by atoms with E-state index in [1.807, 2.05) is 0 Å². The molecule has 3 aromatic rings. The molecule has 0 radical (unpaired) electrons. The van der Waals surface area contributed by atoms with Crippen molar-refractivity contribution in [1.29, 1.82) is 0 Å². The maximum Gasteiger partial charge on any atom is 0.387 e. The van der Waals surface area contributed by atoms with Gasteiger partial charge in [-0.3, -0.25) is 28.6 Å². The normalized spacial score (nSPS) is 16.8. The Morgan fingerprint density at radius 1 is 0.981 bits per heavy atom. The standard InChI is InChI=1S/C36H38Cl2F2N4O8S/c1-53(48,49)44(14-13-42-11-3-2-4-12-42)24-8-9-25-26(16-24)35(47)43(34(25)46)20-33(45)51-31(17-27-28(37)18-41-19-29(27)38)23-7-10-30(52-36(39)40)32(15-23)50-21-22-5-6-22/h7-10,15-16,18-19,22,31,36H,2-6,11-14,17,20-21H2,1H3. The molecule has 1 aliphatic carbocycles. The molecule has 2 aliphatic heterocycles. The Morgan fingerprint density at radius 2 is 1.68 bits per heavy atom. The van der Waals surface area contributed by atoms with Gasteiger partial charge in [-0.05, 0) is 86.1 Å². The van der Waals surface area contributed by atoms with Gasteiger partial charge in [0.25, 0.3) is 11.8 Å². The van der Waals surface area contributed by atoms with Crippen molar-refractivity contribution in [3.05, 3.63) is 81.1 Å². The quantitative estimate of drug-likeness (QED) is 0.123. The highest BCUT2D eigenvalue weighted by molar-refractivity contribution is 7.92. The summed E-state index contributed by atoms with van der Waals surface area (Å²) in [5.74, 6) is -2.44. The van der Waals surface area contributed by atoms with Crippen LogP contribution in [0, 0.1) is 5.92 Å². The van der Waals surface area contributed by atoms with Crippen molar-refractivity contribution in [3.8, 4) is 11.5 Å². The summed E-state index contributed by atoms with van der Waals surface area (Å²) >= 11 is 12.8. The summed E-state index contributed by atoms with van der Waals surface area (Å²) in [4.78, 5) is 47.4. The monoisotopic (exact) mass is 794 g/mol. The topological polar surface area (TPSA) is 136 Å². The molecule has 3 heterocycles. The van der Waals surface area contributed by atoms with Crippen molar-refractivity contribution in [2.45, 2.75) is 51.2 Å². The second kappa shape index (κ2) is 16.5. The van der Waals surface area contributed by atoms with Crippen molar-refractivity contribution >= 4 is 56.7 Å². The van der Waals surface area contributed by atoms with Crippen LogP contribution >= 0.6 is 23.2 Å². The van der Waals surface area contributed by atoms with Crippen molar-refractivity contribution in [2.24, 2.45) is 5.92 Å². The SMILES string of the molecule is CS(=O)(=O)N(CCN1CCCCC1)c1ccc2c(c1)C(=O)N(CC(=O)OC(Cc1c(Cl)cncc1Cl)c1ccc(OC(F)F)c(OCC3CC3)c1)C2=O. The molecule has 1 saturated heterocycles. The molecule has 12 nitrogen and oxygen atoms in total. The minimum atomic E-state index is -3.74. The molecular formula is C36H38Cl2F2N4O8S. The predicted molar refractivity (Wildman–Crippen MR) is 192 cm³/mol. The zero-order chi connectivity index (χ0) is 37.9. The first-order valence-electron chi connectivity index (χ1n) is 17.2. The number of nitrogens with zero attached hydrogens (tertiary/aromatic N) is 4. The van der Waals surface area contributed by atoms with Crippen LogP contribution in [-0.4, -0.2) is 93.2 Å². The van der Waals surface area contributed by atoms with E-state index < -0.39 is 47.1 Å². The Hall–Kier alpha value is -4.05. The molecular weight excluding hydrogens is 757 g/mol. The van der Waals surface area contributed by atoms with E-state index in [9.17, 15) is 31.6 Å². The zero-order valence-electron chi connectivity index (χ0n) is 28.8. The summed E-state index contributed by atoms with van der Waals surface area (Å²) in [5.41, 5.74) is 0.866. The molecule has 0 bridgehead atoms. The Bertz CT molecular complexity index is 1960. The average Bonchev–Trinajstić information content (AvgIpc) is 3.92. The Labute approximate surface area is 315 Å². The van der Waals surface area contributed by atoms with Crippen molar-refractivity contribution in [1.82, 2.24) is 14.8 Å². The molecule has 1 atom stereocenters. The summed E-state index contributed by atoms with van der Waals surface area (Å²) in [5, 5.41) is 0.355. The number of alkyl halides is 2. The third-order valence-electron chi connectivity index (χ3n) is 9.34. The summed E-state index contributed by atoms with van der Waals surface area (Å²) in [6.07, 6.45) is 7.66. The molecule has 6 rings (SSSR count). The summed E-state index contributed by atoms with van der Waals surface area (Å²) < 4.78 is 69.6. The molecule has 2 amide bonds. The van der Waals surface area contributed by atoms with Gasteiger partial charge in [-0.15, -0.1) is 0 Å². The van der Waals surface area contributed by atoms with Crippen molar-refractivity contribution < 1.29 is 45.8 Å². The summed E-state index contributed by atoms with van der Waals surface area (Å²) in [7, 11) is -3.74. The van der Waals surface area contributed by atoms with Crippen molar-refractivity contribution in [3.63, 3.8) is 0 Å². The van der Waals surface area contributed by atoms with Crippen molar-refractivity contribution in [2.75, 3.05) is 49.9 Å². The second-order valence-electron chi connectivity index (χ2n) is 13.3. The van der Waals surface area contributed by atoms with Gasteiger partial charge < -0.3 is 19.1 Å². The first-order valence-corrected chi connectivity index (χ1v) is 19.8. The highest BCUT2D eigenvalue weighted by Crippen LogP contribution is 2.38. The number of likely N-dealkylation sites (tertiary alicyclic amines) is 1. The van der Waals surface area contributed by atoms with E-state index in [0.29, 0.717) is 17.7 Å². The van der Waals surface area contributed by atoms with Crippen LogP contribution in [0.3, 0.4) is 0 Å². The number of ether oxygens (including phenoxy) is 3. The van der Waals surface area contributed by atoms with Gasteiger partial charge in [-0.1, -0.05) is 35.7 Å². The van der Waals surface area contributed by atoms with E-state index >= 15 is 0 Å². The lowest BCUT2D eigenvalue weighted by Crippen LogP contribution is -2.40. The minimum Gasteiger partial charge on any atom is -0.489 e. The number of pyridine rings is 1. The lowest BCUT2D eigenvalue weighted by Gasteiger charge is -2.30. The second-order valence-corrected chi connectivity index (χ2v) is 16.0. The predicted octanol–water partition coefficient (Wildman–Crippen LogP) is 6.15. The largest absolute Gasteiger partial charge is 0.489 e. The number of halogens is 4. The molecule has 284 valence electrons. The number of rotatable bonds is 16. The van der Waals surface area contributed by atoms with Gasteiger partial charge in [-0.25, -0.2) is 8.42 Å². The van der Waals surface area contributed by atoms with Gasteiger partial charge in [0, 0.05) is 31.9 Å². The summed E-state index contributed by atoms with van der Waals surface area (Å²) in [6.45, 7) is -1.21. The fourth-order valence-corrected chi connectivity index (χ4v) is 7.80.